The lowest BCUT2D eigenvalue weighted by atomic mass is 9.74. The molecule has 4 nitrogen and oxygen atoms in total. The zero-order valence-electron chi connectivity index (χ0n) is 14.0. The van der Waals surface area contributed by atoms with Crippen molar-refractivity contribution in [3.63, 3.8) is 0 Å². The fraction of sp³-hybridized carbons (Fsp3) is 0.300. The third-order valence-electron chi connectivity index (χ3n) is 4.93. The quantitative estimate of drug-likeness (QED) is 0.678. The molecule has 1 fully saturated rings. The van der Waals surface area contributed by atoms with Crippen LogP contribution in [0.4, 0.5) is 0 Å². The van der Waals surface area contributed by atoms with E-state index in [-0.39, 0.29) is 5.41 Å². The summed E-state index contributed by atoms with van der Waals surface area (Å²) in [7, 11) is 0. The van der Waals surface area contributed by atoms with Crippen molar-refractivity contribution in [2.75, 3.05) is 13.2 Å². The van der Waals surface area contributed by atoms with Gasteiger partial charge < -0.3 is 9.15 Å². The summed E-state index contributed by atoms with van der Waals surface area (Å²) in [4.78, 5) is 0. The lowest BCUT2D eigenvalue weighted by Crippen LogP contribution is -2.35. The molecule has 2 aromatic carbocycles. The molecule has 1 aliphatic heterocycles. The minimum Gasteiger partial charge on any atom is -0.420 e. The molecule has 3 aromatic rings. The summed E-state index contributed by atoms with van der Waals surface area (Å²) in [6.07, 6.45) is 1.59. The van der Waals surface area contributed by atoms with Crippen LogP contribution in [0.1, 0.15) is 29.9 Å². The second-order valence-electron chi connectivity index (χ2n) is 6.43. The largest absolute Gasteiger partial charge is 0.420 e. The van der Waals surface area contributed by atoms with Gasteiger partial charge in [-0.15, -0.1) is 10.2 Å². The maximum atomic E-state index is 6.24. The van der Waals surface area contributed by atoms with Crippen LogP contribution in [0.5, 0.6) is 0 Å². The number of benzene rings is 2. The molecule has 2 heterocycles. The van der Waals surface area contributed by atoms with Crippen molar-refractivity contribution in [1.82, 2.24) is 10.2 Å². The Morgan fingerprint density at radius 1 is 1.00 bits per heavy atom. The number of hydrogen-bond donors (Lipinski definition) is 0. The van der Waals surface area contributed by atoms with E-state index in [4.69, 9.17) is 20.8 Å². The summed E-state index contributed by atoms with van der Waals surface area (Å²) in [6, 6.07) is 15.9. The van der Waals surface area contributed by atoms with Gasteiger partial charge in [0, 0.05) is 23.8 Å². The Morgan fingerprint density at radius 2 is 1.80 bits per heavy atom. The van der Waals surface area contributed by atoms with Crippen LogP contribution in [0.2, 0.25) is 5.02 Å². The summed E-state index contributed by atoms with van der Waals surface area (Å²) in [5.41, 5.74) is 2.83. The second kappa shape index (κ2) is 6.62. The predicted molar refractivity (Wildman–Crippen MR) is 96.8 cm³/mol. The molecule has 0 saturated carbocycles. The van der Waals surface area contributed by atoms with Crippen molar-refractivity contribution >= 4 is 11.6 Å². The SMILES string of the molecule is Cc1ccccc1-c1nnc(C2(c3cccc(Cl)c3)CCOCC2)o1. The molecule has 0 N–H and O–H groups in total. The number of halogens is 1. The predicted octanol–water partition coefficient (Wildman–Crippen LogP) is 4.79. The van der Waals surface area contributed by atoms with Crippen LogP contribution >= 0.6 is 11.6 Å². The van der Waals surface area contributed by atoms with Gasteiger partial charge in [-0.1, -0.05) is 41.9 Å². The molecule has 0 bridgehead atoms. The molecule has 0 amide bonds. The third-order valence-corrected chi connectivity index (χ3v) is 5.17. The van der Waals surface area contributed by atoms with Gasteiger partial charge in [0.2, 0.25) is 11.8 Å². The zero-order valence-corrected chi connectivity index (χ0v) is 14.8. The Balaban J connectivity index is 1.80. The van der Waals surface area contributed by atoms with E-state index in [9.17, 15) is 0 Å². The van der Waals surface area contributed by atoms with E-state index in [0.29, 0.717) is 30.0 Å². The van der Waals surface area contributed by atoms with Crippen molar-refractivity contribution in [3.05, 3.63) is 70.6 Å². The Bertz CT molecular complexity index is 885. The molecule has 5 heteroatoms. The summed E-state index contributed by atoms with van der Waals surface area (Å²) in [5, 5.41) is 9.46. The topological polar surface area (TPSA) is 48.2 Å². The third kappa shape index (κ3) is 2.96. The molecular formula is C20H19ClN2O2. The number of hydrogen-bond acceptors (Lipinski definition) is 4. The van der Waals surface area contributed by atoms with Crippen LogP contribution in [0.3, 0.4) is 0 Å². The first kappa shape index (κ1) is 16.3. The highest BCUT2D eigenvalue weighted by Gasteiger charge is 2.41. The van der Waals surface area contributed by atoms with Gasteiger partial charge in [-0.2, -0.15) is 0 Å². The van der Waals surface area contributed by atoms with Gasteiger partial charge in [-0.05, 0) is 49.1 Å². The molecule has 1 saturated heterocycles. The number of rotatable bonds is 3. The lowest BCUT2D eigenvalue weighted by Gasteiger charge is -2.34. The summed E-state index contributed by atoms with van der Waals surface area (Å²) >= 11 is 6.24. The average Bonchev–Trinajstić information content (AvgIpc) is 3.13. The fourth-order valence-corrected chi connectivity index (χ4v) is 3.66. The smallest absolute Gasteiger partial charge is 0.248 e. The lowest BCUT2D eigenvalue weighted by molar-refractivity contribution is 0.0546. The minimum absolute atomic E-state index is 0.350. The highest BCUT2D eigenvalue weighted by Crippen LogP contribution is 2.42. The van der Waals surface area contributed by atoms with Gasteiger partial charge in [-0.3, -0.25) is 0 Å². The van der Waals surface area contributed by atoms with Gasteiger partial charge in [0.15, 0.2) is 0 Å². The molecule has 25 heavy (non-hydrogen) atoms. The molecular weight excluding hydrogens is 336 g/mol. The Labute approximate surface area is 151 Å². The molecule has 0 radical (unpaired) electrons. The van der Waals surface area contributed by atoms with Crippen LogP contribution in [0.15, 0.2) is 52.9 Å². The summed E-state index contributed by atoms with van der Waals surface area (Å²) in [5.74, 6) is 1.19. The number of aryl methyl sites for hydroxylation is 1. The van der Waals surface area contributed by atoms with E-state index in [2.05, 4.69) is 16.3 Å². The molecule has 1 aliphatic rings. The van der Waals surface area contributed by atoms with Crippen LogP contribution in [0, 0.1) is 6.92 Å². The molecule has 1 aromatic heterocycles. The minimum atomic E-state index is -0.350. The van der Waals surface area contributed by atoms with Gasteiger partial charge in [-0.25, -0.2) is 0 Å². The molecule has 128 valence electrons. The van der Waals surface area contributed by atoms with Crippen LogP contribution < -0.4 is 0 Å². The highest BCUT2D eigenvalue weighted by atomic mass is 35.5. The van der Waals surface area contributed by atoms with Crippen molar-refractivity contribution in [3.8, 4) is 11.5 Å². The van der Waals surface area contributed by atoms with E-state index in [1.54, 1.807) is 0 Å². The number of aromatic nitrogens is 2. The van der Waals surface area contributed by atoms with Crippen molar-refractivity contribution < 1.29 is 9.15 Å². The summed E-state index contributed by atoms with van der Waals surface area (Å²) < 4.78 is 11.8. The second-order valence-corrected chi connectivity index (χ2v) is 6.87. The molecule has 0 unspecified atom stereocenters. The van der Waals surface area contributed by atoms with Crippen molar-refractivity contribution in [1.29, 1.82) is 0 Å². The monoisotopic (exact) mass is 354 g/mol. The van der Waals surface area contributed by atoms with Crippen LogP contribution in [0.25, 0.3) is 11.5 Å². The normalized spacial score (nSPS) is 16.7. The maximum absolute atomic E-state index is 6.24. The van der Waals surface area contributed by atoms with E-state index in [0.717, 1.165) is 29.5 Å². The van der Waals surface area contributed by atoms with E-state index < -0.39 is 0 Å². The highest BCUT2D eigenvalue weighted by molar-refractivity contribution is 6.30. The standard InChI is InChI=1S/C20H19ClN2O2/c1-14-5-2-3-8-17(14)18-22-23-19(25-18)20(9-11-24-12-10-20)15-6-4-7-16(21)13-15/h2-8,13H,9-12H2,1H3. The van der Waals surface area contributed by atoms with Gasteiger partial charge in [0.05, 0.1) is 5.41 Å². The number of ether oxygens (including phenoxy) is 1. The number of nitrogens with zero attached hydrogens (tertiary/aromatic N) is 2. The molecule has 0 spiro atoms. The van der Waals surface area contributed by atoms with Gasteiger partial charge in [0.1, 0.15) is 0 Å². The molecule has 0 atom stereocenters. The van der Waals surface area contributed by atoms with E-state index >= 15 is 0 Å². The fourth-order valence-electron chi connectivity index (χ4n) is 3.47. The van der Waals surface area contributed by atoms with Crippen LogP contribution in [-0.4, -0.2) is 23.4 Å². The maximum Gasteiger partial charge on any atom is 0.248 e. The average molecular weight is 355 g/mol. The molecule has 0 aliphatic carbocycles. The Hall–Kier alpha value is -2.17. The first-order chi connectivity index (χ1) is 12.2. The Morgan fingerprint density at radius 3 is 2.56 bits per heavy atom. The van der Waals surface area contributed by atoms with Crippen molar-refractivity contribution in [2.45, 2.75) is 25.2 Å². The Kier molecular flexibility index (Phi) is 4.32. The van der Waals surface area contributed by atoms with Crippen LogP contribution in [-0.2, 0) is 10.2 Å². The first-order valence-corrected chi connectivity index (χ1v) is 8.81. The molecule has 4 rings (SSSR count). The van der Waals surface area contributed by atoms with Crippen molar-refractivity contribution in [2.24, 2.45) is 0 Å². The zero-order chi connectivity index (χ0) is 17.3. The summed E-state index contributed by atoms with van der Waals surface area (Å²) in [6.45, 7) is 3.36. The van der Waals surface area contributed by atoms with Gasteiger partial charge >= 0.3 is 0 Å². The van der Waals surface area contributed by atoms with E-state index in [1.807, 2.05) is 49.4 Å². The first-order valence-electron chi connectivity index (χ1n) is 8.43. The van der Waals surface area contributed by atoms with Gasteiger partial charge in [0.25, 0.3) is 0 Å². The van der Waals surface area contributed by atoms with E-state index in [1.165, 1.54) is 0 Å².